The Kier molecular flexibility index (Phi) is 8.72. The van der Waals surface area contributed by atoms with Crippen LogP contribution < -0.4 is 0 Å². The Morgan fingerprint density at radius 3 is 1.80 bits per heavy atom. The number of aliphatic carboxylic acids is 1. The number of hydrogen-bond donors (Lipinski definition) is 1. The van der Waals surface area contributed by atoms with Crippen molar-refractivity contribution in [2.45, 2.75) is 6.92 Å². The first-order valence-corrected chi connectivity index (χ1v) is 0.928. The normalized spacial score (nSPS) is 5.00. The molecule has 0 bridgehead atoms. The summed E-state index contributed by atoms with van der Waals surface area (Å²) in [4.78, 5) is 9.00. The van der Waals surface area contributed by atoms with Crippen molar-refractivity contribution in [1.29, 1.82) is 0 Å². The minimum atomic E-state index is -0.833. The molecular formula is C2H4ArO2. The summed E-state index contributed by atoms with van der Waals surface area (Å²) in [6.07, 6.45) is 0. The summed E-state index contributed by atoms with van der Waals surface area (Å²) in [6, 6.07) is 0. The summed E-state index contributed by atoms with van der Waals surface area (Å²) in [6.45, 7) is 1.08. The molecule has 0 unspecified atom stereocenters. The first-order valence-electron chi connectivity index (χ1n) is 0.928. The fraction of sp³-hybridized carbons (Fsp3) is 0.500. The zero-order valence-corrected chi connectivity index (χ0v) is 3.42. The van der Waals surface area contributed by atoms with Gasteiger partial charge in [-0.05, 0) is 0 Å². The van der Waals surface area contributed by atoms with Gasteiger partial charge in [-0.1, -0.05) is 0 Å². The van der Waals surface area contributed by atoms with Crippen LogP contribution in [0, 0.1) is 37.7 Å². The molecule has 0 aliphatic rings. The van der Waals surface area contributed by atoms with E-state index in [1.54, 1.807) is 0 Å². The standard InChI is InChI=1S/C2H4O2.Ar/c1-2(3)4;/h1H3,(H,3,4);. The van der Waals surface area contributed by atoms with Gasteiger partial charge in [0, 0.05) is 44.7 Å². The number of hydrogen-bond acceptors (Lipinski definition) is 1. The molecule has 0 aromatic carbocycles. The minimum absolute atomic E-state index is 0. The van der Waals surface area contributed by atoms with Gasteiger partial charge in [-0.25, -0.2) is 0 Å². The van der Waals surface area contributed by atoms with E-state index in [1.807, 2.05) is 0 Å². The van der Waals surface area contributed by atoms with Gasteiger partial charge < -0.3 is 5.11 Å². The maximum atomic E-state index is 9.00. The fourth-order valence-electron chi connectivity index (χ4n) is 0. The van der Waals surface area contributed by atoms with Crippen LogP contribution in [0.3, 0.4) is 0 Å². The second kappa shape index (κ2) is 4.73. The fourth-order valence-corrected chi connectivity index (χ4v) is 0. The van der Waals surface area contributed by atoms with Gasteiger partial charge in [-0.2, -0.15) is 0 Å². The average Bonchev–Trinajstić information content (AvgIpc) is 0.811. The second-order valence-electron chi connectivity index (χ2n) is 0.519. The summed E-state index contributed by atoms with van der Waals surface area (Å²) in [7, 11) is 0. The molecule has 0 heterocycles. The van der Waals surface area contributed by atoms with E-state index in [-0.39, 0.29) is 37.7 Å². The first-order chi connectivity index (χ1) is 1.73. The molecule has 5 heavy (non-hydrogen) atoms. The SMILES string of the molecule is CC(=O)O.[Ar]. The van der Waals surface area contributed by atoms with E-state index < -0.39 is 5.97 Å². The van der Waals surface area contributed by atoms with Gasteiger partial charge in [-0.15, -0.1) is 0 Å². The first kappa shape index (κ1) is 9.21. The van der Waals surface area contributed by atoms with E-state index in [0.717, 1.165) is 6.92 Å². The van der Waals surface area contributed by atoms with E-state index >= 15 is 0 Å². The molecule has 0 aromatic rings. The van der Waals surface area contributed by atoms with Crippen molar-refractivity contribution in [2.24, 2.45) is 0 Å². The molecular weight excluding hydrogens is 96.0 g/mol. The van der Waals surface area contributed by atoms with Gasteiger partial charge in [0.2, 0.25) is 0 Å². The Balaban J connectivity index is 0. The smallest absolute Gasteiger partial charge is 0.300 e. The Labute approximate surface area is 60.2 Å². The third-order valence-corrected chi connectivity index (χ3v) is 0. The predicted molar refractivity (Wildman–Crippen MR) is 13.3 cm³/mol. The number of carbonyl (C=O) groups is 1. The maximum Gasteiger partial charge on any atom is 0.300 e. The molecule has 0 fully saturated rings. The van der Waals surface area contributed by atoms with E-state index in [2.05, 4.69) is 0 Å². The second-order valence-corrected chi connectivity index (χ2v) is 0.519. The molecule has 32 valence electrons. The topological polar surface area (TPSA) is 37.3 Å². The van der Waals surface area contributed by atoms with Gasteiger partial charge in [0.15, 0.2) is 0 Å². The average molecular weight is 100 g/mol. The van der Waals surface area contributed by atoms with Crippen molar-refractivity contribution in [3.63, 3.8) is 0 Å². The summed E-state index contributed by atoms with van der Waals surface area (Å²) >= 11 is 0. The summed E-state index contributed by atoms with van der Waals surface area (Å²) in [5.74, 6) is -0.833. The largest absolute Gasteiger partial charge is 0.481 e. The third kappa shape index (κ3) is 66.2. The molecule has 0 atom stereocenters. The molecule has 0 radical (unpaired) electrons. The van der Waals surface area contributed by atoms with Crippen LogP contribution in [0.25, 0.3) is 0 Å². The maximum absolute atomic E-state index is 9.00. The third-order valence-electron chi connectivity index (χ3n) is 0. The van der Waals surface area contributed by atoms with Gasteiger partial charge in [0.1, 0.15) is 0 Å². The zero-order chi connectivity index (χ0) is 3.58. The van der Waals surface area contributed by atoms with Crippen LogP contribution in [-0.2, 0) is 4.79 Å². The van der Waals surface area contributed by atoms with Crippen molar-refractivity contribution in [3.8, 4) is 0 Å². The Morgan fingerprint density at radius 2 is 1.80 bits per heavy atom. The predicted octanol–water partition coefficient (Wildman–Crippen LogP) is 0.0909. The van der Waals surface area contributed by atoms with Crippen molar-refractivity contribution in [3.05, 3.63) is 0 Å². The molecule has 0 aliphatic heterocycles. The molecule has 0 spiro atoms. The van der Waals surface area contributed by atoms with Gasteiger partial charge in [-0.3, -0.25) is 4.79 Å². The zero-order valence-electron chi connectivity index (χ0n) is 2.71. The molecule has 0 saturated heterocycles. The molecule has 0 saturated carbocycles. The minimum Gasteiger partial charge on any atom is -0.481 e. The summed E-state index contributed by atoms with van der Waals surface area (Å²) in [5, 5.41) is 7.42. The van der Waals surface area contributed by atoms with Crippen molar-refractivity contribution < 1.29 is 47.6 Å². The van der Waals surface area contributed by atoms with Crippen molar-refractivity contribution in [2.75, 3.05) is 0 Å². The molecule has 2 nitrogen and oxygen atoms in total. The molecule has 0 amide bonds. The molecule has 0 aliphatic carbocycles. The summed E-state index contributed by atoms with van der Waals surface area (Å²) < 4.78 is 0. The quantitative estimate of drug-likeness (QED) is 0.468. The van der Waals surface area contributed by atoms with E-state index in [4.69, 9.17) is 9.90 Å². The number of carboxylic acids is 1. The number of rotatable bonds is 0. The van der Waals surface area contributed by atoms with Crippen LogP contribution in [0.5, 0.6) is 0 Å². The monoisotopic (exact) mass is 100.0 g/mol. The van der Waals surface area contributed by atoms with E-state index in [1.165, 1.54) is 0 Å². The van der Waals surface area contributed by atoms with Crippen LogP contribution in [0.1, 0.15) is 6.92 Å². The number of carboxylic acid groups (broad SMARTS) is 1. The van der Waals surface area contributed by atoms with Gasteiger partial charge >= 0.3 is 0 Å². The Morgan fingerprint density at radius 1 is 1.80 bits per heavy atom. The van der Waals surface area contributed by atoms with Crippen LogP contribution in [-0.4, -0.2) is 11.1 Å². The van der Waals surface area contributed by atoms with Gasteiger partial charge in [0.05, 0.1) is 0 Å². The molecule has 0 rings (SSSR count). The molecule has 1 N–H and O–H groups in total. The Bertz CT molecular complexity index is 30.6. The summed E-state index contributed by atoms with van der Waals surface area (Å²) in [5.41, 5.74) is 0. The Hall–Kier alpha value is 0.730. The molecule has 0 aromatic heterocycles. The van der Waals surface area contributed by atoms with Crippen LogP contribution >= 0.6 is 0 Å². The van der Waals surface area contributed by atoms with Crippen molar-refractivity contribution in [1.82, 2.24) is 0 Å². The van der Waals surface area contributed by atoms with Gasteiger partial charge in [0.25, 0.3) is 5.97 Å². The van der Waals surface area contributed by atoms with E-state index in [9.17, 15) is 0 Å². The molecule has 3 heteroatoms. The van der Waals surface area contributed by atoms with Crippen LogP contribution in [0.15, 0.2) is 0 Å². The van der Waals surface area contributed by atoms with Crippen LogP contribution in [0.4, 0.5) is 0 Å². The van der Waals surface area contributed by atoms with E-state index in [0.29, 0.717) is 0 Å². The van der Waals surface area contributed by atoms with Crippen LogP contribution in [0.2, 0.25) is 0 Å². The van der Waals surface area contributed by atoms with Crippen molar-refractivity contribution >= 4 is 5.97 Å².